The first kappa shape index (κ1) is 31.1. The number of rotatable bonds is 5. The molecule has 0 saturated heterocycles. The van der Waals surface area contributed by atoms with Gasteiger partial charge in [-0.05, 0) is 84.9 Å². The van der Waals surface area contributed by atoms with E-state index in [0.717, 1.165) is 44.0 Å². The van der Waals surface area contributed by atoms with Crippen LogP contribution in [0.4, 0.5) is 0 Å². The van der Waals surface area contributed by atoms with Gasteiger partial charge in [0.1, 0.15) is 11.2 Å². The first-order valence-electron chi connectivity index (χ1n) is 18.5. The van der Waals surface area contributed by atoms with Crippen molar-refractivity contribution in [3.8, 4) is 56.4 Å². The molecular weight excluding hydrogens is 671 g/mol. The molecule has 2 aromatic heterocycles. The first-order chi connectivity index (χ1) is 27.2. The van der Waals surface area contributed by atoms with Crippen molar-refractivity contribution in [2.24, 2.45) is 0 Å². The molecule has 0 fully saturated rings. The molecule has 0 atom stereocenters. The van der Waals surface area contributed by atoms with E-state index in [9.17, 15) is 0 Å². The van der Waals surface area contributed by atoms with E-state index in [1.807, 2.05) is 72.8 Å². The fourth-order valence-corrected chi connectivity index (χ4v) is 7.97. The summed E-state index contributed by atoms with van der Waals surface area (Å²) in [5.74, 6) is 1.95. The summed E-state index contributed by atoms with van der Waals surface area (Å²) in [6.45, 7) is 0. The lowest BCUT2D eigenvalue weighted by molar-refractivity contribution is 0.669. The van der Waals surface area contributed by atoms with Gasteiger partial charge in [0.25, 0.3) is 0 Å². The van der Waals surface area contributed by atoms with E-state index in [1.54, 1.807) is 0 Å². The predicted octanol–water partition coefficient (Wildman–Crippen LogP) is 13.6. The highest BCUT2D eigenvalue weighted by molar-refractivity contribution is 6.26. The van der Waals surface area contributed by atoms with Crippen molar-refractivity contribution >= 4 is 54.3 Å². The maximum atomic E-state index is 6.08. The number of fused-ring (bicyclic) bond motifs is 9. The van der Waals surface area contributed by atoms with E-state index >= 15 is 0 Å². The second-order valence-corrected chi connectivity index (χ2v) is 14.0. The Morgan fingerprint density at radius 1 is 0.236 bits per heavy atom. The minimum atomic E-state index is 0.646. The lowest BCUT2D eigenvalue weighted by Gasteiger charge is -2.14. The molecule has 2 heterocycles. The standard InChI is InChI=1S/C51H31N3O/c1-3-11-34(12-4-1)49-52-50(35-13-5-2-6-14-35)54-51(53-49)38-24-27-41-39-15-7-8-16-40(39)44-29-36(23-26-42(44)45(41)31-38)32-19-21-33(22-20-32)37-25-28-48-46(30-37)43-17-9-10-18-47(43)55-48/h1-31H. The van der Waals surface area contributed by atoms with E-state index in [0.29, 0.717) is 17.5 Å². The smallest absolute Gasteiger partial charge is 0.164 e. The third kappa shape index (κ3) is 5.34. The molecule has 4 heteroatoms. The van der Waals surface area contributed by atoms with Crippen molar-refractivity contribution in [1.29, 1.82) is 0 Å². The summed E-state index contributed by atoms with van der Waals surface area (Å²) in [4.78, 5) is 15.0. The molecule has 11 aromatic rings. The fourth-order valence-electron chi connectivity index (χ4n) is 7.97. The Bertz CT molecular complexity index is 3180. The molecule has 0 spiro atoms. The molecular formula is C51H31N3O. The quantitative estimate of drug-likeness (QED) is 0.168. The summed E-state index contributed by atoms with van der Waals surface area (Å²) >= 11 is 0. The van der Waals surface area contributed by atoms with E-state index in [1.165, 1.54) is 49.2 Å². The zero-order valence-corrected chi connectivity index (χ0v) is 29.6. The highest BCUT2D eigenvalue weighted by Crippen LogP contribution is 2.40. The van der Waals surface area contributed by atoms with Crippen LogP contribution in [0.3, 0.4) is 0 Å². The highest BCUT2D eigenvalue weighted by atomic mass is 16.3. The average molecular weight is 702 g/mol. The van der Waals surface area contributed by atoms with E-state index in [2.05, 4.69) is 115 Å². The van der Waals surface area contributed by atoms with Crippen molar-refractivity contribution < 1.29 is 4.42 Å². The minimum Gasteiger partial charge on any atom is -0.456 e. The van der Waals surface area contributed by atoms with Crippen LogP contribution >= 0.6 is 0 Å². The van der Waals surface area contributed by atoms with Crippen LogP contribution in [0.15, 0.2) is 192 Å². The molecule has 0 amide bonds. The van der Waals surface area contributed by atoms with Gasteiger partial charge in [0.05, 0.1) is 0 Å². The predicted molar refractivity (Wildman–Crippen MR) is 227 cm³/mol. The van der Waals surface area contributed by atoms with Gasteiger partial charge in [-0.3, -0.25) is 0 Å². The molecule has 11 rings (SSSR count). The summed E-state index contributed by atoms with van der Waals surface area (Å²) in [7, 11) is 0. The molecule has 0 unspecified atom stereocenters. The van der Waals surface area contributed by atoms with Gasteiger partial charge in [0.2, 0.25) is 0 Å². The molecule has 0 aliphatic carbocycles. The van der Waals surface area contributed by atoms with Crippen molar-refractivity contribution in [3.63, 3.8) is 0 Å². The zero-order chi connectivity index (χ0) is 36.3. The second kappa shape index (κ2) is 12.6. The Kier molecular flexibility index (Phi) is 7.14. The topological polar surface area (TPSA) is 51.8 Å². The number of benzene rings is 9. The van der Waals surface area contributed by atoms with Crippen LogP contribution < -0.4 is 0 Å². The van der Waals surface area contributed by atoms with Gasteiger partial charge in [-0.2, -0.15) is 0 Å². The molecule has 0 aliphatic heterocycles. The van der Waals surface area contributed by atoms with E-state index in [4.69, 9.17) is 19.4 Å². The second-order valence-electron chi connectivity index (χ2n) is 14.0. The maximum Gasteiger partial charge on any atom is 0.164 e. The van der Waals surface area contributed by atoms with Crippen LogP contribution in [-0.2, 0) is 0 Å². The van der Waals surface area contributed by atoms with Gasteiger partial charge in [-0.1, -0.05) is 158 Å². The van der Waals surface area contributed by atoms with Crippen molar-refractivity contribution in [2.75, 3.05) is 0 Å². The minimum absolute atomic E-state index is 0.646. The summed E-state index contributed by atoms with van der Waals surface area (Å²) in [5.41, 5.74) is 9.36. The number of aromatic nitrogens is 3. The number of hydrogen-bond acceptors (Lipinski definition) is 4. The van der Waals surface area contributed by atoms with Gasteiger partial charge < -0.3 is 4.42 Å². The molecule has 9 aromatic carbocycles. The zero-order valence-electron chi connectivity index (χ0n) is 29.6. The summed E-state index contributed by atoms with van der Waals surface area (Å²) in [6, 6.07) is 66.0. The average Bonchev–Trinajstić information content (AvgIpc) is 3.65. The SMILES string of the molecule is c1ccc(-c2nc(-c3ccccc3)nc(-c3ccc4c5ccccc5c5cc(-c6ccc(-c7ccc8oc9ccccc9c8c7)cc6)ccc5c4c3)n2)cc1. The molecule has 0 radical (unpaired) electrons. The molecule has 0 aliphatic rings. The Labute approximate surface area is 317 Å². The highest BCUT2D eigenvalue weighted by Gasteiger charge is 2.16. The Morgan fingerprint density at radius 2 is 0.618 bits per heavy atom. The van der Waals surface area contributed by atoms with Gasteiger partial charge >= 0.3 is 0 Å². The number of para-hydroxylation sites is 1. The molecule has 0 N–H and O–H groups in total. The Morgan fingerprint density at radius 3 is 1.24 bits per heavy atom. The van der Waals surface area contributed by atoms with E-state index in [-0.39, 0.29) is 0 Å². The first-order valence-corrected chi connectivity index (χ1v) is 18.5. The third-order valence-corrected chi connectivity index (χ3v) is 10.7. The lowest BCUT2D eigenvalue weighted by atomic mass is 9.91. The summed E-state index contributed by atoms with van der Waals surface area (Å²) in [6.07, 6.45) is 0. The molecule has 256 valence electrons. The van der Waals surface area contributed by atoms with Crippen molar-refractivity contribution in [3.05, 3.63) is 188 Å². The van der Waals surface area contributed by atoms with Gasteiger partial charge in [-0.15, -0.1) is 0 Å². The third-order valence-electron chi connectivity index (χ3n) is 10.7. The summed E-state index contributed by atoms with van der Waals surface area (Å²) < 4.78 is 6.08. The number of nitrogens with zero attached hydrogens (tertiary/aromatic N) is 3. The number of hydrogen-bond donors (Lipinski definition) is 0. The van der Waals surface area contributed by atoms with Crippen LogP contribution in [-0.4, -0.2) is 15.0 Å². The van der Waals surface area contributed by atoms with Gasteiger partial charge in [0, 0.05) is 27.5 Å². The molecule has 4 nitrogen and oxygen atoms in total. The number of furan rings is 1. The van der Waals surface area contributed by atoms with Crippen LogP contribution in [0.5, 0.6) is 0 Å². The fraction of sp³-hybridized carbons (Fsp3) is 0. The molecule has 55 heavy (non-hydrogen) atoms. The van der Waals surface area contributed by atoms with Gasteiger partial charge in [-0.25, -0.2) is 15.0 Å². The van der Waals surface area contributed by atoms with Crippen molar-refractivity contribution in [1.82, 2.24) is 15.0 Å². The summed E-state index contributed by atoms with van der Waals surface area (Å²) in [5, 5.41) is 9.50. The largest absolute Gasteiger partial charge is 0.456 e. The normalized spacial score (nSPS) is 11.6. The maximum absolute atomic E-state index is 6.08. The van der Waals surface area contributed by atoms with Crippen LogP contribution in [0.2, 0.25) is 0 Å². The Hall–Kier alpha value is -7.43. The van der Waals surface area contributed by atoms with Crippen LogP contribution in [0.25, 0.3) is 111 Å². The molecule has 0 bridgehead atoms. The molecule has 0 saturated carbocycles. The van der Waals surface area contributed by atoms with Gasteiger partial charge in [0.15, 0.2) is 17.5 Å². The lowest BCUT2D eigenvalue weighted by Crippen LogP contribution is -2.00. The Balaban J connectivity index is 1.03. The van der Waals surface area contributed by atoms with E-state index < -0.39 is 0 Å². The van der Waals surface area contributed by atoms with Crippen molar-refractivity contribution in [2.45, 2.75) is 0 Å². The van der Waals surface area contributed by atoms with Crippen LogP contribution in [0, 0.1) is 0 Å². The monoisotopic (exact) mass is 701 g/mol. The van der Waals surface area contributed by atoms with Crippen LogP contribution in [0.1, 0.15) is 0 Å².